The number of hydrogen-bond donors (Lipinski definition) is 1. The van der Waals surface area contributed by atoms with Gasteiger partial charge < -0.3 is 15.0 Å². The third kappa shape index (κ3) is 6.48. The zero-order valence-corrected chi connectivity index (χ0v) is 14.8. The van der Waals surface area contributed by atoms with Gasteiger partial charge in [0.2, 0.25) is 0 Å². The molecule has 0 aliphatic rings. The van der Waals surface area contributed by atoms with Crippen molar-refractivity contribution in [1.29, 1.82) is 0 Å². The van der Waals surface area contributed by atoms with Crippen molar-refractivity contribution >= 4 is 5.91 Å². The highest BCUT2D eigenvalue weighted by Crippen LogP contribution is 2.24. The maximum Gasteiger partial charge on any atom is 0.260 e. The Kier molecular flexibility index (Phi) is 6.88. The fraction of sp³-hybridized carbons (Fsp3) is 0.611. The molecule has 124 valence electrons. The summed E-state index contributed by atoms with van der Waals surface area (Å²) in [6.07, 6.45) is 0.450. The first-order valence-electron chi connectivity index (χ1n) is 7.90. The maximum absolute atomic E-state index is 12.0. The van der Waals surface area contributed by atoms with E-state index in [9.17, 15) is 4.79 Å². The lowest BCUT2D eigenvalue weighted by Gasteiger charge is -2.20. The van der Waals surface area contributed by atoms with Crippen LogP contribution in [-0.2, 0) is 10.2 Å². The van der Waals surface area contributed by atoms with Gasteiger partial charge in [0, 0.05) is 6.54 Å². The molecule has 0 heterocycles. The van der Waals surface area contributed by atoms with E-state index in [0.29, 0.717) is 6.54 Å². The van der Waals surface area contributed by atoms with Crippen LogP contribution in [0, 0.1) is 0 Å². The van der Waals surface area contributed by atoms with Gasteiger partial charge in [-0.2, -0.15) is 0 Å². The second kappa shape index (κ2) is 8.18. The molecular weight excluding hydrogens is 276 g/mol. The second-order valence-electron chi connectivity index (χ2n) is 6.98. The Morgan fingerprint density at radius 3 is 2.32 bits per heavy atom. The zero-order valence-electron chi connectivity index (χ0n) is 14.8. The minimum Gasteiger partial charge on any atom is -0.481 e. The van der Waals surface area contributed by atoms with Crippen LogP contribution in [0.2, 0.25) is 0 Å². The number of carbonyl (C=O) groups is 1. The quantitative estimate of drug-likeness (QED) is 0.788. The highest BCUT2D eigenvalue weighted by molar-refractivity contribution is 5.80. The molecule has 0 aromatic heterocycles. The fourth-order valence-corrected chi connectivity index (χ4v) is 2.04. The van der Waals surface area contributed by atoms with E-state index in [1.165, 1.54) is 5.56 Å². The Morgan fingerprint density at radius 1 is 1.23 bits per heavy atom. The predicted molar refractivity (Wildman–Crippen MR) is 91.4 cm³/mol. The highest BCUT2D eigenvalue weighted by Gasteiger charge is 2.16. The highest BCUT2D eigenvalue weighted by atomic mass is 16.5. The van der Waals surface area contributed by atoms with Gasteiger partial charge in [0.25, 0.3) is 5.91 Å². The summed E-state index contributed by atoms with van der Waals surface area (Å²) in [7, 11) is 4.05. The molecule has 1 aromatic rings. The van der Waals surface area contributed by atoms with Crippen molar-refractivity contribution in [3.05, 3.63) is 29.8 Å². The summed E-state index contributed by atoms with van der Waals surface area (Å²) in [5.41, 5.74) is 1.37. The molecular formula is C18H30N2O2. The summed E-state index contributed by atoms with van der Waals surface area (Å²) in [6.45, 7) is 9.93. The summed E-state index contributed by atoms with van der Waals surface area (Å²) >= 11 is 0. The third-order valence-corrected chi connectivity index (χ3v) is 3.48. The van der Waals surface area contributed by atoms with E-state index in [1.54, 1.807) is 6.92 Å². The van der Waals surface area contributed by atoms with E-state index in [2.05, 4.69) is 43.1 Å². The molecule has 0 unspecified atom stereocenters. The average Bonchev–Trinajstić information content (AvgIpc) is 2.42. The van der Waals surface area contributed by atoms with E-state index in [4.69, 9.17) is 4.74 Å². The number of ether oxygens (including phenoxy) is 1. The van der Waals surface area contributed by atoms with Crippen LogP contribution in [0.5, 0.6) is 5.75 Å². The van der Waals surface area contributed by atoms with Crippen molar-refractivity contribution in [2.24, 2.45) is 0 Å². The largest absolute Gasteiger partial charge is 0.481 e. The molecule has 1 aromatic carbocycles. The Bertz CT molecular complexity index is 461. The van der Waals surface area contributed by atoms with E-state index in [1.807, 2.05) is 26.2 Å². The van der Waals surface area contributed by atoms with Crippen molar-refractivity contribution in [1.82, 2.24) is 10.2 Å². The van der Waals surface area contributed by atoms with Crippen LogP contribution < -0.4 is 10.1 Å². The van der Waals surface area contributed by atoms with Gasteiger partial charge in [-0.1, -0.05) is 32.9 Å². The lowest BCUT2D eigenvalue weighted by molar-refractivity contribution is -0.127. The van der Waals surface area contributed by atoms with Crippen LogP contribution in [0.3, 0.4) is 0 Å². The minimum atomic E-state index is -0.486. The topological polar surface area (TPSA) is 41.6 Å². The Hall–Kier alpha value is -1.55. The van der Waals surface area contributed by atoms with Gasteiger partial charge in [0.1, 0.15) is 5.75 Å². The number of hydrogen-bond acceptors (Lipinski definition) is 3. The molecule has 4 nitrogen and oxygen atoms in total. The number of nitrogens with zero attached hydrogens (tertiary/aromatic N) is 1. The van der Waals surface area contributed by atoms with Crippen molar-refractivity contribution < 1.29 is 9.53 Å². The molecule has 4 heteroatoms. The molecule has 0 radical (unpaired) electrons. The monoisotopic (exact) mass is 306 g/mol. The Morgan fingerprint density at radius 2 is 1.82 bits per heavy atom. The Balaban J connectivity index is 2.43. The third-order valence-electron chi connectivity index (χ3n) is 3.48. The van der Waals surface area contributed by atoms with Gasteiger partial charge >= 0.3 is 0 Å². The summed E-state index contributed by atoms with van der Waals surface area (Å²) in [5.74, 6) is 0.655. The molecule has 0 saturated heterocycles. The van der Waals surface area contributed by atoms with Crippen LogP contribution in [0.4, 0.5) is 0 Å². The number of carbonyl (C=O) groups excluding carboxylic acids is 1. The average molecular weight is 306 g/mol. The molecule has 0 aliphatic carbocycles. The summed E-state index contributed by atoms with van der Waals surface area (Å²) in [4.78, 5) is 14.1. The van der Waals surface area contributed by atoms with Crippen LogP contribution in [0.1, 0.15) is 39.7 Å². The normalized spacial score (nSPS) is 13.0. The molecule has 1 N–H and O–H groups in total. The summed E-state index contributed by atoms with van der Waals surface area (Å²) < 4.78 is 5.70. The van der Waals surface area contributed by atoms with Crippen molar-refractivity contribution in [2.75, 3.05) is 27.2 Å². The van der Waals surface area contributed by atoms with Crippen LogP contribution in [0.25, 0.3) is 0 Å². The molecule has 0 aliphatic heterocycles. The van der Waals surface area contributed by atoms with Crippen molar-refractivity contribution in [2.45, 2.75) is 45.6 Å². The lowest BCUT2D eigenvalue weighted by atomic mass is 9.87. The van der Waals surface area contributed by atoms with Gasteiger partial charge in [0.05, 0.1) is 0 Å². The summed E-state index contributed by atoms with van der Waals surface area (Å²) in [6, 6.07) is 7.96. The summed E-state index contributed by atoms with van der Waals surface area (Å²) in [5, 5.41) is 2.90. The number of amides is 1. The first kappa shape index (κ1) is 18.5. The molecule has 0 bridgehead atoms. The fourth-order valence-electron chi connectivity index (χ4n) is 2.04. The van der Waals surface area contributed by atoms with Gasteiger partial charge in [-0.3, -0.25) is 4.79 Å². The van der Waals surface area contributed by atoms with Crippen molar-refractivity contribution in [3.8, 4) is 5.75 Å². The number of rotatable bonds is 7. The Labute approximate surface area is 134 Å². The van der Waals surface area contributed by atoms with Gasteiger partial charge in [-0.15, -0.1) is 0 Å². The molecule has 1 rings (SSSR count). The van der Waals surface area contributed by atoms with Crippen LogP contribution in [0.15, 0.2) is 24.3 Å². The molecule has 0 spiro atoms. The van der Waals surface area contributed by atoms with Crippen molar-refractivity contribution in [3.63, 3.8) is 0 Å². The van der Waals surface area contributed by atoms with E-state index >= 15 is 0 Å². The van der Waals surface area contributed by atoms with E-state index < -0.39 is 6.10 Å². The zero-order chi connectivity index (χ0) is 16.8. The lowest BCUT2D eigenvalue weighted by Crippen LogP contribution is -2.37. The minimum absolute atomic E-state index is 0.0707. The van der Waals surface area contributed by atoms with Gasteiger partial charge in [0.15, 0.2) is 6.10 Å². The van der Waals surface area contributed by atoms with E-state index in [-0.39, 0.29) is 11.3 Å². The van der Waals surface area contributed by atoms with Gasteiger partial charge in [-0.05, 0) is 57.1 Å². The predicted octanol–water partition coefficient (Wildman–Crippen LogP) is 2.82. The van der Waals surface area contributed by atoms with Gasteiger partial charge in [-0.25, -0.2) is 0 Å². The second-order valence-corrected chi connectivity index (χ2v) is 6.98. The van der Waals surface area contributed by atoms with Crippen LogP contribution >= 0.6 is 0 Å². The van der Waals surface area contributed by atoms with E-state index in [0.717, 1.165) is 18.7 Å². The molecule has 0 saturated carbocycles. The molecule has 1 atom stereocenters. The SMILES string of the molecule is C[C@@H](Oc1ccc(C(C)(C)C)cc1)C(=O)NCCCN(C)C. The first-order chi connectivity index (χ1) is 10.2. The van der Waals surface area contributed by atoms with Crippen LogP contribution in [-0.4, -0.2) is 44.1 Å². The first-order valence-corrected chi connectivity index (χ1v) is 7.90. The maximum atomic E-state index is 12.0. The molecule has 1 amide bonds. The molecule has 22 heavy (non-hydrogen) atoms. The standard InChI is InChI=1S/C18H30N2O2/c1-14(17(21)19-12-7-13-20(5)6)22-16-10-8-15(9-11-16)18(2,3)4/h8-11,14H,7,12-13H2,1-6H3,(H,19,21)/t14-/m1/s1. The number of benzene rings is 1. The number of nitrogens with one attached hydrogen (secondary N) is 1. The smallest absolute Gasteiger partial charge is 0.260 e. The molecule has 0 fully saturated rings.